The van der Waals surface area contributed by atoms with Crippen LogP contribution in [-0.4, -0.2) is 18.5 Å². The van der Waals surface area contributed by atoms with E-state index in [0.717, 1.165) is 23.1 Å². The quantitative estimate of drug-likeness (QED) is 0.777. The monoisotopic (exact) mass is 332 g/mol. The summed E-state index contributed by atoms with van der Waals surface area (Å²) in [5.74, 6) is 0.0229. The van der Waals surface area contributed by atoms with Gasteiger partial charge in [-0.15, -0.1) is 0 Å². The van der Waals surface area contributed by atoms with Crippen LogP contribution in [0.4, 0.5) is 5.69 Å². The van der Waals surface area contributed by atoms with Crippen molar-refractivity contribution in [2.75, 3.05) is 11.9 Å². The predicted octanol–water partition coefficient (Wildman–Crippen LogP) is 3.82. The van der Waals surface area contributed by atoms with Crippen LogP contribution in [0.5, 0.6) is 0 Å². The van der Waals surface area contributed by atoms with Crippen LogP contribution in [0, 0.1) is 0 Å². The number of halogens is 2. The number of rotatable bonds is 6. The highest BCUT2D eigenvalue weighted by molar-refractivity contribution is 9.10. The van der Waals surface area contributed by atoms with Crippen LogP contribution in [0.15, 0.2) is 22.7 Å². The van der Waals surface area contributed by atoms with Crippen LogP contribution in [0.25, 0.3) is 0 Å². The van der Waals surface area contributed by atoms with Crippen LogP contribution in [0.1, 0.15) is 26.7 Å². The van der Waals surface area contributed by atoms with Gasteiger partial charge in [-0.25, -0.2) is 0 Å². The number of hydrogen-bond donors (Lipinski definition) is 2. The topological polar surface area (TPSA) is 41.1 Å². The molecule has 0 unspecified atom stereocenters. The lowest BCUT2D eigenvalue weighted by Gasteiger charge is -2.08. The summed E-state index contributed by atoms with van der Waals surface area (Å²) in [6.07, 6.45) is 1.35. The molecule has 2 N–H and O–H groups in total. The van der Waals surface area contributed by atoms with Gasteiger partial charge in [-0.3, -0.25) is 4.79 Å². The lowest BCUT2D eigenvalue weighted by Crippen LogP contribution is -2.24. The number of carbonyl (C=O) groups excluding carboxylic acids is 1. The van der Waals surface area contributed by atoms with E-state index in [1.54, 1.807) is 18.2 Å². The summed E-state index contributed by atoms with van der Waals surface area (Å²) in [6, 6.07) is 5.80. The van der Waals surface area contributed by atoms with Crippen molar-refractivity contribution < 1.29 is 4.79 Å². The van der Waals surface area contributed by atoms with E-state index in [0.29, 0.717) is 17.5 Å². The van der Waals surface area contributed by atoms with Crippen LogP contribution in [-0.2, 0) is 4.79 Å². The molecule has 0 aliphatic heterocycles. The predicted molar refractivity (Wildman–Crippen MR) is 80.2 cm³/mol. The zero-order valence-corrected chi connectivity index (χ0v) is 12.9. The molecule has 0 saturated heterocycles. The minimum absolute atomic E-state index is 0.0229. The fourth-order valence-electron chi connectivity index (χ4n) is 1.44. The zero-order valence-electron chi connectivity index (χ0n) is 10.6. The molecule has 0 aliphatic carbocycles. The number of carbonyl (C=O) groups is 1. The summed E-state index contributed by atoms with van der Waals surface area (Å²) in [7, 11) is 0. The van der Waals surface area contributed by atoms with Crippen LogP contribution < -0.4 is 10.6 Å². The first-order valence-corrected chi connectivity index (χ1v) is 7.14. The molecule has 3 nitrogen and oxygen atoms in total. The van der Waals surface area contributed by atoms with E-state index in [2.05, 4.69) is 40.4 Å². The van der Waals surface area contributed by atoms with Crippen molar-refractivity contribution >= 4 is 39.1 Å². The Bertz CT molecular complexity index is 410. The van der Waals surface area contributed by atoms with E-state index in [1.807, 2.05) is 0 Å². The minimum atomic E-state index is 0.0229. The smallest absolute Gasteiger partial charge is 0.224 e. The molecule has 1 aromatic rings. The maximum Gasteiger partial charge on any atom is 0.224 e. The highest BCUT2D eigenvalue weighted by Gasteiger charge is 2.04. The first-order chi connectivity index (χ1) is 8.49. The molecule has 0 spiro atoms. The number of benzene rings is 1. The van der Waals surface area contributed by atoms with Gasteiger partial charge in [0.1, 0.15) is 0 Å². The molecule has 0 heterocycles. The molecule has 100 valence electrons. The fourth-order valence-corrected chi connectivity index (χ4v) is 1.93. The van der Waals surface area contributed by atoms with Gasteiger partial charge in [0.05, 0.1) is 5.02 Å². The van der Waals surface area contributed by atoms with E-state index >= 15 is 0 Å². The van der Waals surface area contributed by atoms with E-state index in [9.17, 15) is 4.79 Å². The first kappa shape index (κ1) is 15.5. The van der Waals surface area contributed by atoms with Gasteiger partial charge in [0.2, 0.25) is 5.91 Å². The average Bonchev–Trinajstić information content (AvgIpc) is 2.29. The molecule has 0 bridgehead atoms. The Morgan fingerprint density at radius 1 is 1.44 bits per heavy atom. The maximum atomic E-state index is 11.7. The van der Waals surface area contributed by atoms with Crippen molar-refractivity contribution in [2.24, 2.45) is 0 Å². The first-order valence-electron chi connectivity index (χ1n) is 5.97. The Morgan fingerprint density at radius 3 is 2.78 bits per heavy atom. The summed E-state index contributed by atoms with van der Waals surface area (Å²) in [5.41, 5.74) is 0.757. The van der Waals surface area contributed by atoms with Gasteiger partial charge >= 0.3 is 0 Å². The van der Waals surface area contributed by atoms with Crippen molar-refractivity contribution in [3.8, 4) is 0 Å². The molecule has 1 rings (SSSR count). The van der Waals surface area contributed by atoms with Crippen molar-refractivity contribution in [3.63, 3.8) is 0 Å². The van der Waals surface area contributed by atoms with E-state index in [-0.39, 0.29) is 5.91 Å². The third-order valence-electron chi connectivity index (χ3n) is 2.34. The summed E-state index contributed by atoms with van der Waals surface area (Å²) in [6.45, 7) is 5.03. The lowest BCUT2D eigenvalue weighted by atomic mass is 10.2. The van der Waals surface area contributed by atoms with E-state index < -0.39 is 0 Å². The third kappa shape index (κ3) is 5.85. The van der Waals surface area contributed by atoms with E-state index in [1.165, 1.54) is 0 Å². The van der Waals surface area contributed by atoms with Crippen molar-refractivity contribution in [1.29, 1.82) is 0 Å². The van der Waals surface area contributed by atoms with Crippen molar-refractivity contribution in [2.45, 2.75) is 32.7 Å². The van der Waals surface area contributed by atoms with Gasteiger partial charge in [-0.2, -0.15) is 0 Å². The standard InChI is InChI=1S/C13H18BrClN2O/c1-9(2)16-7-3-4-13(18)17-10-5-6-12(15)11(14)8-10/h5-6,8-9,16H,3-4,7H2,1-2H3,(H,17,18). The number of amides is 1. The molecule has 1 aromatic carbocycles. The molecule has 0 saturated carbocycles. The Balaban J connectivity index is 2.33. The molecular weight excluding hydrogens is 316 g/mol. The van der Waals surface area contributed by atoms with Gasteiger partial charge in [-0.05, 0) is 47.1 Å². The van der Waals surface area contributed by atoms with Gasteiger partial charge in [0.25, 0.3) is 0 Å². The molecule has 0 fully saturated rings. The van der Waals surface area contributed by atoms with Crippen LogP contribution in [0.3, 0.4) is 0 Å². The zero-order chi connectivity index (χ0) is 13.5. The van der Waals surface area contributed by atoms with Gasteiger partial charge in [0, 0.05) is 22.6 Å². The largest absolute Gasteiger partial charge is 0.326 e. The maximum absolute atomic E-state index is 11.7. The van der Waals surface area contributed by atoms with Crippen LogP contribution in [0.2, 0.25) is 5.02 Å². The summed E-state index contributed by atoms with van der Waals surface area (Å²) in [4.78, 5) is 11.7. The second-order valence-electron chi connectivity index (χ2n) is 4.39. The van der Waals surface area contributed by atoms with Crippen molar-refractivity contribution in [3.05, 3.63) is 27.7 Å². The molecular formula is C13H18BrClN2O. The highest BCUT2D eigenvalue weighted by Crippen LogP contribution is 2.25. The molecule has 0 aliphatic rings. The van der Waals surface area contributed by atoms with Gasteiger partial charge < -0.3 is 10.6 Å². The Hall–Kier alpha value is -0.580. The normalized spacial score (nSPS) is 10.7. The number of hydrogen-bond acceptors (Lipinski definition) is 2. The lowest BCUT2D eigenvalue weighted by molar-refractivity contribution is -0.116. The Morgan fingerprint density at radius 2 is 2.17 bits per heavy atom. The Kier molecular flexibility index (Phi) is 6.68. The summed E-state index contributed by atoms with van der Waals surface area (Å²) < 4.78 is 0.781. The van der Waals surface area contributed by atoms with Crippen LogP contribution >= 0.6 is 27.5 Å². The Labute approximate surface area is 121 Å². The summed E-state index contributed by atoms with van der Waals surface area (Å²) in [5, 5.41) is 6.75. The number of nitrogens with one attached hydrogen (secondary N) is 2. The molecule has 18 heavy (non-hydrogen) atoms. The molecule has 5 heteroatoms. The SMILES string of the molecule is CC(C)NCCCC(=O)Nc1ccc(Cl)c(Br)c1. The third-order valence-corrected chi connectivity index (χ3v) is 3.55. The summed E-state index contributed by atoms with van der Waals surface area (Å²) >= 11 is 9.20. The van der Waals surface area contributed by atoms with Gasteiger partial charge in [0.15, 0.2) is 0 Å². The molecule has 0 aromatic heterocycles. The average molecular weight is 334 g/mol. The van der Waals surface area contributed by atoms with Crippen molar-refractivity contribution in [1.82, 2.24) is 5.32 Å². The minimum Gasteiger partial charge on any atom is -0.326 e. The number of anilines is 1. The molecule has 0 atom stereocenters. The second-order valence-corrected chi connectivity index (χ2v) is 5.65. The molecule has 1 amide bonds. The fraction of sp³-hybridized carbons (Fsp3) is 0.462. The second kappa shape index (κ2) is 7.77. The highest BCUT2D eigenvalue weighted by atomic mass is 79.9. The van der Waals surface area contributed by atoms with Gasteiger partial charge in [-0.1, -0.05) is 25.4 Å². The van der Waals surface area contributed by atoms with E-state index in [4.69, 9.17) is 11.6 Å². The molecule has 0 radical (unpaired) electrons.